The minimum absolute atomic E-state index is 0.0885. The number of carbonyl (C=O) groups excluding carboxylic acids is 3. The Hall–Kier alpha value is -3.67. The number of thiocarbonyl (C=S) groups is 1. The van der Waals surface area contributed by atoms with Crippen molar-refractivity contribution in [2.24, 2.45) is 11.0 Å². The molecule has 8 rings (SSSR count). The largest absolute Gasteiger partial charge is 0.388 e. The van der Waals surface area contributed by atoms with Crippen LogP contribution in [0.15, 0.2) is 78.6 Å². The average Bonchev–Trinajstić information content (AvgIpc) is 2.31. The number of nitrogens with one attached hydrogen (secondary N) is 5. The van der Waals surface area contributed by atoms with Crippen molar-refractivity contribution < 1.29 is 74.2 Å². The SMILES string of the molecule is C=C1NC(=O)C(C)CN1[C@@H]1O[C@H](CCP(=C)(C)C)[C@@H](O)[C@H]1O.C=C1NC(=O)C=NN1[C@@H]1O[C@H](CCP(=C)(C)C)[C@@H](O)[C@H]1O.C=C1NC(=O)NC=C1[C@@H]1O[C@H](CCP(=C)(C)C)[C@@H](O)[C@H]1O.C=C1NC(=S)C=CN1[C@@H]1O[C@H](CCP(=C)(C)C)[C@@H](O)[C@H]1O. The van der Waals surface area contributed by atoms with Crippen LogP contribution in [0.1, 0.15) is 32.6 Å². The standard InChI is InChI=1S/C15H27N2O4P.C14H23N2O4P.C14H23N2O3PS.C13H22N3O4P/c1-9-8-17(10(2)16-14(9)20)15-13(19)12(18)11(21-15)6-7-22(3,4)5;1-8-9(7-15-14(19)16-8)13-12(18)11(17)10(20-13)5-6-21(2,3)4;1-9-15-11(21)5-7-16(9)14-13(18)12(17)10(19-14)6-8-20(2,3)4;1-8-15-10(17)7-14-16(8)13-12(19)11(18)9(20-13)5-6-21(2,3)4/h9,11-13,15,18-19H,2-3,6-8H2,1,4-5H3,(H,16,20);7,10-13,17-18H,1-2,5-6H2,3-4H3,(H2,15,16,19);5,7,10,12-14,17-18H,1-2,6,8H2,3-4H3,(H,15,21);7,9,11-13,18-19H,1-2,5-6H2,3-4H3,(H,15,17)/t9?,11-,12-,13-,15-;10-,11-,12-,13+;10-,12-,13-,14-;9-,11-,12-,13-/m1111/s1. The summed E-state index contributed by atoms with van der Waals surface area (Å²) < 4.78 is 23.2. The first-order valence-corrected chi connectivity index (χ1v) is 40.6. The van der Waals surface area contributed by atoms with Crippen molar-refractivity contribution in [2.45, 2.75) is 131 Å². The molecule has 4 amide bonds. The van der Waals surface area contributed by atoms with E-state index in [0.717, 1.165) is 30.9 Å². The molecule has 85 heavy (non-hydrogen) atoms. The first-order valence-electron chi connectivity index (χ1n) is 28.0. The third-order valence-corrected chi connectivity index (χ3v) is 21.0. The van der Waals surface area contributed by atoms with Crippen LogP contribution in [-0.2, 0) is 28.5 Å². The Balaban J connectivity index is 0.000000207. The van der Waals surface area contributed by atoms with E-state index in [0.29, 0.717) is 60.1 Å². The summed E-state index contributed by atoms with van der Waals surface area (Å²) in [5, 5.41) is 99.8. The van der Waals surface area contributed by atoms with Crippen molar-refractivity contribution in [3.8, 4) is 0 Å². The van der Waals surface area contributed by atoms with Gasteiger partial charge in [-0.2, -0.15) is 5.10 Å². The van der Waals surface area contributed by atoms with Crippen molar-refractivity contribution >= 4 is 94.0 Å². The summed E-state index contributed by atoms with van der Waals surface area (Å²) in [6.07, 6.45) is 16.1. The number of amides is 4. The molecule has 0 aromatic carbocycles. The maximum Gasteiger partial charge on any atom is 0.323 e. The van der Waals surface area contributed by atoms with Crippen molar-refractivity contribution in [3.05, 3.63) is 73.5 Å². The fraction of sp³-hybridized carbons (Fsp3) is 0.625. The molecule has 0 aliphatic carbocycles. The summed E-state index contributed by atoms with van der Waals surface area (Å²) in [6.45, 7) is 29.5. The summed E-state index contributed by atoms with van der Waals surface area (Å²) in [4.78, 5) is 37.9. The Morgan fingerprint density at radius 2 is 1.01 bits per heavy atom. The number of ether oxygens (including phenoxy) is 4. The molecule has 5 fully saturated rings. The van der Waals surface area contributed by atoms with Crippen LogP contribution >= 0.6 is 39.8 Å². The summed E-state index contributed by atoms with van der Waals surface area (Å²) in [5.41, 5.74) is 0.924. The molecule has 480 valence electrons. The summed E-state index contributed by atoms with van der Waals surface area (Å²) in [6, 6.07) is -0.378. The van der Waals surface area contributed by atoms with Crippen LogP contribution in [0.4, 0.5) is 4.79 Å². The Bertz CT molecular complexity index is 2710. The van der Waals surface area contributed by atoms with Crippen molar-refractivity contribution in [2.75, 3.05) is 84.5 Å². The molecular weight excluding hydrogens is 1190 g/mol. The highest BCUT2D eigenvalue weighted by atomic mass is 32.1. The number of aliphatic hydroxyl groups is 8. The van der Waals surface area contributed by atoms with Gasteiger partial charge >= 0.3 is 6.03 Å². The van der Waals surface area contributed by atoms with Gasteiger partial charge in [0.25, 0.3) is 5.91 Å². The molecule has 1 unspecified atom stereocenters. The van der Waals surface area contributed by atoms with Gasteiger partial charge in [-0.1, -0.05) is 45.5 Å². The van der Waals surface area contributed by atoms with Gasteiger partial charge in [0.15, 0.2) is 18.7 Å². The Morgan fingerprint density at radius 1 is 0.576 bits per heavy atom. The van der Waals surface area contributed by atoms with E-state index in [9.17, 15) is 55.2 Å². The minimum atomic E-state index is -1.23. The van der Waals surface area contributed by atoms with Crippen molar-refractivity contribution in [3.63, 3.8) is 0 Å². The van der Waals surface area contributed by atoms with Gasteiger partial charge in [0.1, 0.15) is 83.6 Å². The van der Waals surface area contributed by atoms with Crippen LogP contribution in [0.5, 0.6) is 0 Å². The van der Waals surface area contributed by atoms with Gasteiger partial charge in [0.05, 0.1) is 30.3 Å². The lowest BCUT2D eigenvalue weighted by molar-refractivity contribution is -0.133. The lowest BCUT2D eigenvalue weighted by Crippen LogP contribution is -2.54. The van der Waals surface area contributed by atoms with Gasteiger partial charge in [-0.05, 0) is 110 Å². The second-order valence-corrected chi connectivity index (χ2v) is 43.1. The number of aliphatic hydroxyl groups excluding tert-OH is 8. The maximum atomic E-state index is 11.6. The molecule has 13 N–H and O–H groups in total. The van der Waals surface area contributed by atoms with Crippen LogP contribution < -0.4 is 26.6 Å². The molecule has 0 bridgehead atoms. The average molecular weight is 1290 g/mol. The smallest absolute Gasteiger partial charge is 0.323 e. The van der Waals surface area contributed by atoms with Gasteiger partial charge < -0.3 is 96.2 Å². The zero-order valence-corrected chi connectivity index (χ0v) is 55.0. The quantitative estimate of drug-likeness (QED) is 0.0740. The number of hydrogen-bond donors (Lipinski definition) is 13. The second-order valence-electron chi connectivity index (χ2n) is 25.4. The van der Waals surface area contributed by atoms with Crippen molar-refractivity contribution in [1.29, 1.82) is 0 Å². The Labute approximate surface area is 507 Å². The lowest BCUT2D eigenvalue weighted by atomic mass is 9.99. The van der Waals surface area contributed by atoms with E-state index < -0.39 is 119 Å². The van der Waals surface area contributed by atoms with E-state index in [2.05, 4.69) is 137 Å². The molecule has 0 aromatic heterocycles. The van der Waals surface area contributed by atoms with Gasteiger partial charge in [-0.3, -0.25) is 9.59 Å². The van der Waals surface area contributed by atoms with E-state index in [-0.39, 0.29) is 35.7 Å². The number of hydrazone groups is 1. The number of rotatable bonds is 16. The van der Waals surface area contributed by atoms with Crippen molar-refractivity contribution in [1.82, 2.24) is 41.4 Å². The van der Waals surface area contributed by atoms with Gasteiger partial charge in [-0.25, -0.2) is 9.80 Å². The summed E-state index contributed by atoms with van der Waals surface area (Å²) >= 11 is 5.03. The molecule has 0 aromatic rings. The van der Waals surface area contributed by atoms with Gasteiger partial charge in [0.2, 0.25) is 5.91 Å². The fourth-order valence-electron chi connectivity index (χ4n) is 9.92. The second kappa shape index (κ2) is 29.8. The Morgan fingerprint density at radius 3 is 1.47 bits per heavy atom. The molecule has 0 radical (unpaired) electrons. The highest BCUT2D eigenvalue weighted by molar-refractivity contribution is 7.80. The number of nitrogens with zero attached hydrogens (tertiary/aromatic N) is 4. The van der Waals surface area contributed by atoms with E-state index in [1.54, 1.807) is 29.0 Å². The molecule has 17 atom stereocenters. The van der Waals surface area contributed by atoms with Gasteiger partial charge in [0, 0.05) is 30.2 Å². The first-order chi connectivity index (χ1) is 39.2. The third-order valence-electron chi connectivity index (χ3n) is 14.9. The number of carbonyl (C=O) groups is 3. The number of urea groups is 1. The molecular formula is C56H95N9O15P4S. The first kappa shape index (κ1) is 72.1. The fourth-order valence-corrected chi connectivity index (χ4v) is 13.9. The monoisotopic (exact) mass is 1290 g/mol. The third kappa shape index (κ3) is 20.4. The minimum Gasteiger partial charge on any atom is -0.388 e. The normalized spacial score (nSPS) is 34.2. The van der Waals surface area contributed by atoms with E-state index in [1.165, 1.54) is 11.2 Å². The van der Waals surface area contributed by atoms with E-state index >= 15 is 0 Å². The predicted octanol–water partition coefficient (Wildman–Crippen LogP) is 0.528. The van der Waals surface area contributed by atoms with E-state index in [1.807, 2.05) is 0 Å². The molecule has 5 saturated heterocycles. The topological polar surface area (TPSA) is 332 Å². The van der Waals surface area contributed by atoms with Crippen LogP contribution in [0, 0.1) is 5.92 Å². The molecule has 0 saturated carbocycles. The lowest BCUT2D eigenvalue weighted by Gasteiger charge is -2.39. The number of hydrogen-bond acceptors (Lipinski definition) is 20. The highest BCUT2D eigenvalue weighted by Gasteiger charge is 2.50. The van der Waals surface area contributed by atoms with E-state index in [4.69, 9.17) is 31.2 Å². The van der Waals surface area contributed by atoms with Crippen LogP contribution in [0.3, 0.4) is 0 Å². The summed E-state index contributed by atoms with van der Waals surface area (Å²) in [5.74, 6) is 0.458. The van der Waals surface area contributed by atoms with Gasteiger partial charge in [-0.15, -0.1) is 52.7 Å². The molecule has 29 heteroatoms. The predicted molar refractivity (Wildman–Crippen MR) is 350 cm³/mol. The zero-order valence-electron chi connectivity index (χ0n) is 50.6. The highest BCUT2D eigenvalue weighted by Crippen LogP contribution is 2.42. The molecule has 8 aliphatic heterocycles. The van der Waals surface area contributed by atoms with Crippen LogP contribution in [0.25, 0.3) is 0 Å². The molecule has 24 nitrogen and oxygen atoms in total. The van der Waals surface area contributed by atoms with Crippen LogP contribution in [0.2, 0.25) is 0 Å². The van der Waals surface area contributed by atoms with Crippen LogP contribution in [-0.4, -0.2) is 292 Å². The molecule has 8 aliphatic rings. The maximum absolute atomic E-state index is 11.6. The molecule has 8 heterocycles. The summed E-state index contributed by atoms with van der Waals surface area (Å²) in [7, 11) is 0. The molecule has 0 spiro atoms. The Kier molecular flexibility index (Phi) is 25.2. The zero-order chi connectivity index (χ0) is 64.0.